The van der Waals surface area contributed by atoms with E-state index in [0.717, 1.165) is 58.7 Å². The van der Waals surface area contributed by atoms with E-state index in [1.807, 2.05) is 0 Å². The Morgan fingerprint density at radius 3 is 2.79 bits per heavy atom. The normalized spacial score (nSPS) is 28.3. The Labute approximate surface area is 144 Å². The zero-order valence-electron chi connectivity index (χ0n) is 14.7. The number of morpholine rings is 1. The Hall–Kier alpha value is -0.890. The van der Waals surface area contributed by atoms with E-state index in [1.165, 1.54) is 19.3 Å². The first-order valence-corrected chi connectivity index (χ1v) is 9.41. The molecule has 3 N–H and O–H groups in total. The molecule has 138 valence electrons. The van der Waals surface area contributed by atoms with Crippen LogP contribution in [0.5, 0.6) is 0 Å². The average molecular weight is 340 g/mol. The Morgan fingerprint density at radius 1 is 1.21 bits per heavy atom. The quantitative estimate of drug-likeness (QED) is 0.421. The molecule has 2 aliphatic heterocycles. The summed E-state index contributed by atoms with van der Waals surface area (Å²) in [5, 5.41) is 3.19. The van der Waals surface area contributed by atoms with E-state index in [4.69, 9.17) is 19.9 Å². The van der Waals surface area contributed by atoms with Gasteiger partial charge in [0.2, 0.25) is 0 Å². The lowest BCUT2D eigenvalue weighted by molar-refractivity contribution is -0.186. The smallest absolute Gasteiger partial charge is 0.188 e. The van der Waals surface area contributed by atoms with Gasteiger partial charge in [-0.25, -0.2) is 0 Å². The zero-order chi connectivity index (χ0) is 16.7. The van der Waals surface area contributed by atoms with Crippen LogP contribution in [0.4, 0.5) is 0 Å². The molecule has 0 amide bonds. The van der Waals surface area contributed by atoms with Crippen LogP contribution in [0, 0.1) is 0 Å². The van der Waals surface area contributed by atoms with Gasteiger partial charge in [0, 0.05) is 32.5 Å². The first-order valence-electron chi connectivity index (χ1n) is 9.41. The molecule has 1 spiro atoms. The molecule has 1 atom stereocenters. The third-order valence-corrected chi connectivity index (χ3v) is 5.06. The third-order valence-electron chi connectivity index (χ3n) is 5.06. The molecule has 7 nitrogen and oxygen atoms in total. The van der Waals surface area contributed by atoms with Crippen molar-refractivity contribution in [1.29, 1.82) is 0 Å². The van der Waals surface area contributed by atoms with E-state index >= 15 is 0 Å². The van der Waals surface area contributed by atoms with Gasteiger partial charge in [0.25, 0.3) is 0 Å². The fraction of sp³-hybridized carbons (Fsp3) is 0.941. The lowest BCUT2D eigenvalue weighted by Gasteiger charge is -2.31. The molecule has 0 aromatic carbocycles. The van der Waals surface area contributed by atoms with Crippen molar-refractivity contribution in [1.82, 2.24) is 10.2 Å². The molecule has 3 aliphatic rings. The number of hydrogen-bond donors (Lipinski definition) is 2. The molecule has 1 saturated carbocycles. The predicted molar refractivity (Wildman–Crippen MR) is 93.0 cm³/mol. The summed E-state index contributed by atoms with van der Waals surface area (Å²) >= 11 is 0. The summed E-state index contributed by atoms with van der Waals surface area (Å²) in [6, 6.07) is 0. The number of aliphatic imine (C=N–C) groups is 1. The summed E-state index contributed by atoms with van der Waals surface area (Å²) in [6.45, 7) is 6.89. The molecule has 7 heteroatoms. The van der Waals surface area contributed by atoms with E-state index in [1.54, 1.807) is 0 Å². The maximum absolute atomic E-state index is 6.11. The Bertz CT molecular complexity index is 407. The van der Waals surface area contributed by atoms with Gasteiger partial charge in [-0.05, 0) is 25.8 Å². The predicted octanol–water partition coefficient (Wildman–Crippen LogP) is 0.689. The molecule has 24 heavy (non-hydrogen) atoms. The van der Waals surface area contributed by atoms with Gasteiger partial charge in [-0.3, -0.25) is 9.89 Å². The number of guanidine groups is 1. The zero-order valence-corrected chi connectivity index (χ0v) is 14.7. The van der Waals surface area contributed by atoms with Gasteiger partial charge in [-0.1, -0.05) is 6.42 Å². The standard InChI is InChI=1S/C17H32N4O3/c18-16(19-7-4-8-21-9-11-22-12-10-21)20-13-15-14-23-17(24-15)5-2-1-3-6-17/h15H,1-14H2,(H3,18,19,20). The van der Waals surface area contributed by atoms with Gasteiger partial charge in [0.1, 0.15) is 6.10 Å². The third kappa shape index (κ3) is 5.31. The summed E-state index contributed by atoms with van der Waals surface area (Å²) < 4.78 is 17.4. The summed E-state index contributed by atoms with van der Waals surface area (Å²) in [6.07, 6.45) is 6.81. The van der Waals surface area contributed by atoms with Crippen molar-refractivity contribution in [2.24, 2.45) is 10.7 Å². The van der Waals surface area contributed by atoms with Gasteiger partial charge in [-0.15, -0.1) is 0 Å². The molecule has 0 aromatic rings. The van der Waals surface area contributed by atoms with Crippen molar-refractivity contribution in [3.8, 4) is 0 Å². The monoisotopic (exact) mass is 340 g/mol. The second-order valence-corrected chi connectivity index (χ2v) is 6.98. The van der Waals surface area contributed by atoms with Crippen LogP contribution in [0.2, 0.25) is 0 Å². The first kappa shape index (κ1) is 17.9. The maximum atomic E-state index is 6.11. The first-order chi connectivity index (χ1) is 11.8. The molecular formula is C17H32N4O3. The summed E-state index contributed by atoms with van der Waals surface area (Å²) in [5.41, 5.74) is 5.95. The summed E-state index contributed by atoms with van der Waals surface area (Å²) in [7, 11) is 0. The number of ether oxygens (including phenoxy) is 3. The molecule has 2 heterocycles. The fourth-order valence-electron chi connectivity index (χ4n) is 3.66. The molecule has 1 unspecified atom stereocenters. The highest BCUT2D eigenvalue weighted by molar-refractivity contribution is 5.77. The van der Waals surface area contributed by atoms with E-state index < -0.39 is 0 Å². The minimum Gasteiger partial charge on any atom is -0.379 e. The SMILES string of the molecule is NC(=NCC1COC2(CCCCC2)O1)NCCCN1CCOCC1. The molecule has 0 aromatic heterocycles. The lowest BCUT2D eigenvalue weighted by atomic mass is 9.94. The fourth-order valence-corrected chi connectivity index (χ4v) is 3.66. The highest BCUT2D eigenvalue weighted by Gasteiger charge is 2.41. The van der Waals surface area contributed by atoms with Gasteiger partial charge in [0.05, 0.1) is 26.4 Å². The van der Waals surface area contributed by atoms with Crippen molar-refractivity contribution < 1.29 is 14.2 Å². The minimum absolute atomic E-state index is 0.0387. The van der Waals surface area contributed by atoms with Crippen LogP contribution >= 0.6 is 0 Å². The van der Waals surface area contributed by atoms with E-state index in [2.05, 4.69) is 15.2 Å². The van der Waals surface area contributed by atoms with E-state index in [0.29, 0.717) is 19.1 Å². The number of hydrogen-bond acceptors (Lipinski definition) is 5. The Balaban J connectivity index is 1.28. The van der Waals surface area contributed by atoms with Crippen molar-refractivity contribution >= 4 is 5.96 Å². The van der Waals surface area contributed by atoms with Gasteiger partial charge in [0.15, 0.2) is 11.7 Å². The summed E-state index contributed by atoms with van der Waals surface area (Å²) in [5.74, 6) is 0.184. The lowest BCUT2D eigenvalue weighted by Crippen LogP contribution is -2.39. The van der Waals surface area contributed by atoms with Crippen LogP contribution in [0.3, 0.4) is 0 Å². The van der Waals surface area contributed by atoms with Crippen LogP contribution < -0.4 is 11.1 Å². The molecule has 1 aliphatic carbocycles. The summed E-state index contributed by atoms with van der Waals surface area (Å²) in [4.78, 5) is 6.84. The van der Waals surface area contributed by atoms with Crippen LogP contribution in [0.1, 0.15) is 38.5 Å². The van der Waals surface area contributed by atoms with Crippen LogP contribution in [-0.2, 0) is 14.2 Å². The van der Waals surface area contributed by atoms with Crippen molar-refractivity contribution in [3.63, 3.8) is 0 Å². The van der Waals surface area contributed by atoms with E-state index in [9.17, 15) is 0 Å². The van der Waals surface area contributed by atoms with Crippen molar-refractivity contribution in [2.75, 3.05) is 52.5 Å². The van der Waals surface area contributed by atoms with E-state index in [-0.39, 0.29) is 11.9 Å². The largest absolute Gasteiger partial charge is 0.379 e. The minimum atomic E-state index is -0.321. The van der Waals surface area contributed by atoms with Crippen LogP contribution in [0.25, 0.3) is 0 Å². The van der Waals surface area contributed by atoms with Crippen LogP contribution in [0.15, 0.2) is 4.99 Å². The highest BCUT2D eigenvalue weighted by atomic mass is 16.7. The van der Waals surface area contributed by atoms with Crippen molar-refractivity contribution in [2.45, 2.75) is 50.4 Å². The molecule has 0 radical (unpaired) electrons. The molecule has 2 saturated heterocycles. The van der Waals surface area contributed by atoms with Crippen LogP contribution in [-0.4, -0.2) is 75.3 Å². The number of nitrogens with zero attached hydrogens (tertiary/aromatic N) is 2. The van der Waals surface area contributed by atoms with Gasteiger partial charge in [-0.2, -0.15) is 0 Å². The highest BCUT2D eigenvalue weighted by Crippen LogP contribution is 2.37. The second-order valence-electron chi connectivity index (χ2n) is 6.98. The topological polar surface area (TPSA) is 81.3 Å². The number of nitrogens with one attached hydrogen (secondary N) is 1. The molecule has 3 rings (SSSR count). The van der Waals surface area contributed by atoms with Gasteiger partial charge >= 0.3 is 0 Å². The molecule has 0 bridgehead atoms. The Morgan fingerprint density at radius 2 is 2.00 bits per heavy atom. The van der Waals surface area contributed by atoms with Crippen molar-refractivity contribution in [3.05, 3.63) is 0 Å². The van der Waals surface area contributed by atoms with Gasteiger partial charge < -0.3 is 25.3 Å². The molecule has 3 fully saturated rings. The number of rotatable bonds is 6. The maximum Gasteiger partial charge on any atom is 0.188 e. The Kier molecular flexibility index (Phi) is 6.71. The number of nitrogens with two attached hydrogens (primary N) is 1. The molecular weight excluding hydrogens is 308 g/mol. The average Bonchev–Trinajstić information content (AvgIpc) is 3.01. The second kappa shape index (κ2) is 8.99.